The van der Waals surface area contributed by atoms with Crippen molar-refractivity contribution in [3.8, 4) is 11.3 Å². The molecule has 0 radical (unpaired) electrons. The lowest BCUT2D eigenvalue weighted by atomic mass is 9.83. The standard InChI is InChI=1S/C53H68F3N9O7S/c1-31(70-4)44-35(11-7-17-57-44)46-37-23-51(2,3)30-71-50(69)38-12-8-18-65(60-38)48(67)39(22-43-58-40(25-73-43)33-13-16-41(36(37)21-33)64(46)29-53(54,55)56)59-47(66)45(32-9-5-6-10-32)61-19-20-72-52(26-61)27-62(28-52)49(68)42-24-63(42)34-14-15-34/h13,16-17,21,25,31-32,34,38-39,42,45,60H,5-12,14-15,18-20,22-24,26-30H2,1-4H3,(H,59,66)/t31-,38-,39-,42+,45-,63?/m0/s1. The van der Waals surface area contributed by atoms with Gasteiger partial charge in [-0.1, -0.05) is 32.8 Å². The number of aromatic nitrogens is 2. The van der Waals surface area contributed by atoms with Gasteiger partial charge in [0.1, 0.15) is 30.3 Å². The van der Waals surface area contributed by atoms with Crippen molar-refractivity contribution >= 4 is 57.7 Å². The number of carbonyl (C=O) groups excluding carboxylic acids is 4. The molecule has 2 aliphatic carbocycles. The Labute approximate surface area is 428 Å². The number of cyclic esters (lactones) is 1. The maximum Gasteiger partial charge on any atom is 0.406 e. The molecule has 394 valence electrons. The Morgan fingerprint density at radius 1 is 1.05 bits per heavy atom. The largest absolute Gasteiger partial charge is 0.464 e. The predicted octanol–water partition coefficient (Wildman–Crippen LogP) is 5.90. The third-order valence-corrected chi connectivity index (χ3v) is 17.3. The molecule has 4 saturated heterocycles. The molecule has 2 saturated carbocycles. The third kappa shape index (κ3) is 10.4. The molecule has 1 aromatic carbocycles. The topological polar surface area (TPSA) is 163 Å². The molecule has 6 bridgehead atoms. The molecule has 1 spiro atoms. The van der Waals surface area contributed by atoms with E-state index in [2.05, 4.69) is 20.5 Å². The van der Waals surface area contributed by atoms with Crippen LogP contribution in [0.15, 0.2) is 34.3 Å². The molecule has 20 heteroatoms. The molecular weight excluding hydrogens is 964 g/mol. The van der Waals surface area contributed by atoms with E-state index in [9.17, 15) is 27.6 Å². The minimum Gasteiger partial charge on any atom is -0.464 e. The van der Waals surface area contributed by atoms with Gasteiger partial charge in [0.25, 0.3) is 5.91 Å². The van der Waals surface area contributed by atoms with Gasteiger partial charge in [-0.15, -0.1) is 11.3 Å². The highest BCUT2D eigenvalue weighted by Crippen LogP contribution is 2.44. The van der Waals surface area contributed by atoms with Gasteiger partial charge in [-0.3, -0.25) is 39.0 Å². The number of aliphatic imine (C=N–C) groups is 1. The highest BCUT2D eigenvalue weighted by atomic mass is 32.1. The lowest BCUT2D eigenvalue weighted by Gasteiger charge is -2.55. The number of esters is 1. The van der Waals surface area contributed by atoms with Crippen LogP contribution in [0.3, 0.4) is 0 Å². The average molecular weight is 1030 g/mol. The van der Waals surface area contributed by atoms with Crippen LogP contribution in [0, 0.1) is 11.3 Å². The third-order valence-electron chi connectivity index (χ3n) is 16.4. The Kier molecular flexibility index (Phi) is 13.7. The highest BCUT2D eigenvalue weighted by molar-refractivity contribution is 7.10. The number of thiazole rings is 1. The molecule has 6 fully saturated rings. The van der Waals surface area contributed by atoms with Crippen molar-refractivity contribution in [1.82, 2.24) is 40.0 Å². The van der Waals surface area contributed by atoms with Crippen LogP contribution in [0.5, 0.6) is 0 Å². The number of hydrogen-bond donors (Lipinski definition) is 2. The van der Waals surface area contributed by atoms with Crippen LogP contribution in [-0.2, 0) is 52.8 Å². The summed E-state index contributed by atoms with van der Waals surface area (Å²) in [4.78, 5) is 73.6. The number of hydrogen-bond acceptors (Lipinski definition) is 13. The van der Waals surface area contributed by atoms with Crippen molar-refractivity contribution in [2.24, 2.45) is 16.3 Å². The number of rotatable bonds is 10. The predicted molar refractivity (Wildman–Crippen MR) is 268 cm³/mol. The Bertz CT molecular complexity index is 2700. The van der Waals surface area contributed by atoms with Crippen LogP contribution in [-0.4, -0.2) is 167 Å². The zero-order valence-electron chi connectivity index (χ0n) is 42.3. The Morgan fingerprint density at radius 2 is 1.85 bits per heavy atom. The summed E-state index contributed by atoms with van der Waals surface area (Å²) < 4.78 is 63.8. The number of fused-ring (bicyclic) bond motifs is 6. The van der Waals surface area contributed by atoms with E-state index in [1.165, 1.54) is 20.9 Å². The van der Waals surface area contributed by atoms with Crippen molar-refractivity contribution < 1.29 is 46.6 Å². The van der Waals surface area contributed by atoms with Gasteiger partial charge in [0, 0.05) is 84.8 Å². The lowest BCUT2D eigenvalue weighted by Crippen LogP contribution is -2.73. The van der Waals surface area contributed by atoms with Gasteiger partial charge in [0.05, 0.1) is 60.5 Å². The quantitative estimate of drug-likeness (QED) is 0.184. The van der Waals surface area contributed by atoms with E-state index >= 15 is 4.79 Å². The Hall–Kier alpha value is -4.73. The zero-order chi connectivity index (χ0) is 51.0. The van der Waals surface area contributed by atoms with Crippen molar-refractivity contribution in [1.29, 1.82) is 0 Å². The number of likely N-dealkylation sites (tertiary alicyclic amines) is 1. The van der Waals surface area contributed by atoms with Crippen LogP contribution in [0.2, 0.25) is 0 Å². The maximum atomic E-state index is 15.1. The number of allylic oxidation sites excluding steroid dienone is 1. The van der Waals surface area contributed by atoms with Gasteiger partial charge < -0.3 is 29.0 Å². The molecule has 2 N–H and O–H groups in total. The molecular formula is C53H68F3N9O7S. The number of morpholine rings is 1. The number of carbonyl (C=O) groups is 4. The summed E-state index contributed by atoms with van der Waals surface area (Å²) in [6, 6.07) is 3.49. The summed E-state index contributed by atoms with van der Waals surface area (Å²) in [5.74, 6) is -0.962. The number of nitrogens with zero attached hydrogens (tertiary/aromatic N) is 7. The Balaban J connectivity index is 0.925. The van der Waals surface area contributed by atoms with Gasteiger partial charge in [-0.05, 0) is 88.3 Å². The van der Waals surface area contributed by atoms with Gasteiger partial charge in [-0.2, -0.15) is 13.2 Å². The zero-order valence-corrected chi connectivity index (χ0v) is 43.1. The van der Waals surface area contributed by atoms with E-state index in [1.54, 1.807) is 25.5 Å². The Morgan fingerprint density at radius 3 is 2.60 bits per heavy atom. The van der Waals surface area contributed by atoms with Gasteiger partial charge in [0.2, 0.25) is 11.8 Å². The van der Waals surface area contributed by atoms with Crippen molar-refractivity contribution in [3.05, 3.63) is 45.5 Å². The maximum absolute atomic E-state index is 15.1. The summed E-state index contributed by atoms with van der Waals surface area (Å²) in [5.41, 5.74) is 5.89. The van der Waals surface area contributed by atoms with Crippen molar-refractivity contribution in [2.75, 3.05) is 59.6 Å². The molecule has 3 amide bonds. The monoisotopic (exact) mass is 1030 g/mol. The number of benzene rings is 1. The van der Waals surface area contributed by atoms with Crippen LogP contribution in [0.1, 0.15) is 101 Å². The van der Waals surface area contributed by atoms with E-state index in [0.717, 1.165) is 45.1 Å². The second-order valence-electron chi connectivity index (χ2n) is 22.6. The highest BCUT2D eigenvalue weighted by Gasteiger charge is 2.57. The van der Waals surface area contributed by atoms with Gasteiger partial charge in [-0.25, -0.2) is 10.4 Å². The second-order valence-corrected chi connectivity index (χ2v) is 23.6. The van der Waals surface area contributed by atoms with E-state index in [0.29, 0.717) is 121 Å². The molecule has 73 heavy (non-hydrogen) atoms. The molecule has 8 aliphatic rings. The van der Waals surface area contributed by atoms with E-state index in [4.69, 9.17) is 24.2 Å². The molecule has 3 aromatic rings. The van der Waals surface area contributed by atoms with Gasteiger partial charge >= 0.3 is 12.1 Å². The number of halogens is 3. The summed E-state index contributed by atoms with van der Waals surface area (Å²) in [6.45, 7) is 8.01. The summed E-state index contributed by atoms with van der Waals surface area (Å²) in [5, 5.41) is 7.76. The number of nitrogens with one attached hydrogen (secondary N) is 2. The number of ether oxygens (including phenoxy) is 3. The average Bonchev–Trinajstić information content (AvgIpc) is 4.23. The molecule has 16 nitrogen and oxygen atoms in total. The normalized spacial score (nSPS) is 27.7. The summed E-state index contributed by atoms with van der Waals surface area (Å²) in [6.07, 6.45) is 5.07. The van der Waals surface area contributed by atoms with E-state index < -0.39 is 59.8 Å². The smallest absolute Gasteiger partial charge is 0.406 e. The number of methoxy groups -OCH3 is 1. The fraction of sp³-hybridized carbons (Fsp3) is 0.660. The first-order valence-corrected chi connectivity index (χ1v) is 27.3. The minimum atomic E-state index is -4.55. The van der Waals surface area contributed by atoms with Crippen molar-refractivity contribution in [2.45, 2.75) is 152 Å². The second kappa shape index (κ2) is 19.8. The van der Waals surface area contributed by atoms with Crippen LogP contribution < -0.4 is 10.7 Å². The van der Waals surface area contributed by atoms with Crippen molar-refractivity contribution in [3.63, 3.8) is 0 Å². The molecule has 8 heterocycles. The molecule has 11 rings (SSSR count). The summed E-state index contributed by atoms with van der Waals surface area (Å²) >= 11 is 1.35. The SMILES string of the molecule is CO[C@@H](C)C1=C(c2c3c4cc(ccc4n2CC(F)(F)F)-c2csc(n2)C[C@H](NC(=O)[C@H](C2CCCC2)N2CCOC4(CN(C(=O)[C@H]5CN5C5CC5)C4)C2)C(=O)N2CCC[C@H](N2)C(=O)OCC(C)(C)C3)CCC=N1. The molecule has 2 aromatic heterocycles. The first-order valence-electron chi connectivity index (χ1n) is 26.4. The summed E-state index contributed by atoms with van der Waals surface area (Å²) in [7, 11) is 1.56. The fourth-order valence-corrected chi connectivity index (χ4v) is 13.4. The van der Waals surface area contributed by atoms with Crippen LogP contribution in [0.25, 0.3) is 27.7 Å². The minimum absolute atomic E-state index is 0.0261. The van der Waals surface area contributed by atoms with Crippen LogP contribution >= 0.6 is 11.3 Å². The number of amides is 3. The molecule has 6 atom stereocenters. The molecule has 6 aliphatic heterocycles. The first kappa shape index (κ1) is 50.4. The lowest BCUT2D eigenvalue weighted by molar-refractivity contribution is -0.198. The fourth-order valence-electron chi connectivity index (χ4n) is 12.6. The van der Waals surface area contributed by atoms with Crippen LogP contribution in [0.4, 0.5) is 13.2 Å². The van der Waals surface area contributed by atoms with Gasteiger partial charge in [0.15, 0.2) is 0 Å². The first-order chi connectivity index (χ1) is 35.0. The number of hydrazine groups is 1. The molecule has 1 unspecified atom stereocenters. The van der Waals surface area contributed by atoms with E-state index in [1.807, 2.05) is 37.1 Å². The number of alkyl halides is 3. The van der Waals surface area contributed by atoms with E-state index in [-0.39, 0.29) is 43.2 Å².